The molecule has 0 bridgehead atoms. The predicted octanol–water partition coefficient (Wildman–Crippen LogP) is 4.31. The minimum absolute atomic E-state index is 0.0437. The Morgan fingerprint density at radius 2 is 1.76 bits per heavy atom. The van der Waals surface area contributed by atoms with E-state index in [1.807, 2.05) is 0 Å². The third kappa shape index (κ3) is 3.30. The molecular formula is C14H15Cl2FN2OS. The summed E-state index contributed by atoms with van der Waals surface area (Å²) in [6.45, 7) is 0. The van der Waals surface area contributed by atoms with Crippen LogP contribution in [0.5, 0.6) is 0 Å². The molecule has 7 heteroatoms. The fraction of sp³-hybridized carbons (Fsp3) is 0.429. The van der Waals surface area contributed by atoms with Crippen LogP contribution in [0.3, 0.4) is 0 Å². The predicted molar refractivity (Wildman–Crippen MR) is 87.4 cm³/mol. The lowest BCUT2D eigenvalue weighted by molar-refractivity contribution is -0.123. The molecule has 1 aromatic rings. The van der Waals surface area contributed by atoms with Gasteiger partial charge in [0.2, 0.25) is 5.91 Å². The van der Waals surface area contributed by atoms with E-state index in [2.05, 4.69) is 5.32 Å². The van der Waals surface area contributed by atoms with Gasteiger partial charge in [-0.2, -0.15) is 0 Å². The van der Waals surface area contributed by atoms with Crippen molar-refractivity contribution < 1.29 is 9.18 Å². The summed E-state index contributed by atoms with van der Waals surface area (Å²) in [6.07, 6.45) is 4.02. The van der Waals surface area contributed by atoms with E-state index in [4.69, 9.17) is 41.2 Å². The van der Waals surface area contributed by atoms with E-state index in [1.54, 1.807) is 0 Å². The molecule has 0 aliphatic heterocycles. The summed E-state index contributed by atoms with van der Waals surface area (Å²) >= 11 is 17.0. The van der Waals surface area contributed by atoms with Crippen molar-refractivity contribution in [3.05, 3.63) is 28.0 Å². The highest BCUT2D eigenvalue weighted by Gasteiger charge is 2.42. The lowest BCUT2D eigenvalue weighted by Gasteiger charge is -2.34. The number of benzene rings is 1. The second kappa shape index (κ2) is 6.46. The lowest BCUT2D eigenvalue weighted by atomic mass is 9.73. The Morgan fingerprint density at radius 1 is 1.24 bits per heavy atom. The second-order valence-corrected chi connectivity index (χ2v) is 6.46. The molecule has 1 saturated carbocycles. The van der Waals surface area contributed by atoms with E-state index in [0.29, 0.717) is 12.8 Å². The normalized spacial score (nSPS) is 17.3. The molecule has 0 radical (unpaired) electrons. The van der Waals surface area contributed by atoms with Crippen molar-refractivity contribution in [3.63, 3.8) is 0 Å². The third-order valence-electron chi connectivity index (χ3n) is 3.86. The van der Waals surface area contributed by atoms with Crippen molar-refractivity contribution in [2.45, 2.75) is 32.1 Å². The van der Waals surface area contributed by atoms with Gasteiger partial charge in [0.1, 0.15) is 5.82 Å². The smallest absolute Gasteiger partial charge is 0.237 e. The second-order valence-electron chi connectivity index (χ2n) is 5.21. The first-order chi connectivity index (χ1) is 9.86. The number of hydrogen-bond acceptors (Lipinski definition) is 2. The highest BCUT2D eigenvalue weighted by Crippen LogP contribution is 2.39. The zero-order chi connectivity index (χ0) is 15.6. The van der Waals surface area contributed by atoms with Crippen LogP contribution in [0, 0.1) is 11.2 Å². The zero-order valence-corrected chi connectivity index (χ0v) is 13.5. The Bertz CT molecular complexity index is 565. The van der Waals surface area contributed by atoms with E-state index in [-0.39, 0.29) is 26.6 Å². The molecule has 0 saturated heterocycles. The van der Waals surface area contributed by atoms with Crippen molar-refractivity contribution >= 4 is 52.0 Å². The standard InChI is InChI=1S/C14H15Cl2FN2OS/c15-9-6-8(17)7-10(16)11(9)19-13(20)14(12(18)21)4-2-1-3-5-14/h6-7H,1-5H2,(H2,18,21)(H,19,20). The van der Waals surface area contributed by atoms with Crippen molar-refractivity contribution in [3.8, 4) is 0 Å². The first-order valence-electron chi connectivity index (χ1n) is 6.63. The highest BCUT2D eigenvalue weighted by atomic mass is 35.5. The van der Waals surface area contributed by atoms with Crippen LogP contribution in [0.4, 0.5) is 10.1 Å². The van der Waals surface area contributed by atoms with Crippen LogP contribution in [0.25, 0.3) is 0 Å². The van der Waals surface area contributed by atoms with Gasteiger partial charge >= 0.3 is 0 Å². The van der Waals surface area contributed by atoms with Gasteiger partial charge in [0.05, 0.1) is 26.1 Å². The number of nitrogens with one attached hydrogen (secondary N) is 1. The average Bonchev–Trinajstić information content (AvgIpc) is 2.43. The fourth-order valence-corrected chi connectivity index (χ4v) is 3.49. The van der Waals surface area contributed by atoms with Crippen LogP contribution in [0.1, 0.15) is 32.1 Å². The summed E-state index contributed by atoms with van der Waals surface area (Å²) < 4.78 is 13.2. The van der Waals surface area contributed by atoms with E-state index in [9.17, 15) is 9.18 Å². The van der Waals surface area contributed by atoms with Crippen molar-refractivity contribution in [1.29, 1.82) is 0 Å². The topological polar surface area (TPSA) is 55.1 Å². The summed E-state index contributed by atoms with van der Waals surface area (Å²) in [5, 5.41) is 2.75. The van der Waals surface area contributed by atoms with E-state index in [0.717, 1.165) is 31.4 Å². The Morgan fingerprint density at radius 3 is 2.24 bits per heavy atom. The van der Waals surface area contributed by atoms with E-state index >= 15 is 0 Å². The number of carbonyl (C=O) groups is 1. The largest absolute Gasteiger partial charge is 0.392 e. The maximum absolute atomic E-state index is 13.2. The number of carbonyl (C=O) groups excluding carboxylic acids is 1. The fourth-order valence-electron chi connectivity index (χ4n) is 2.64. The van der Waals surface area contributed by atoms with Crippen LogP contribution < -0.4 is 11.1 Å². The number of rotatable bonds is 3. The minimum atomic E-state index is -0.880. The van der Waals surface area contributed by atoms with E-state index in [1.165, 1.54) is 0 Å². The molecule has 0 spiro atoms. The summed E-state index contributed by atoms with van der Waals surface area (Å²) in [4.78, 5) is 12.8. The van der Waals surface area contributed by atoms with E-state index < -0.39 is 11.2 Å². The molecule has 1 aliphatic rings. The molecule has 0 atom stereocenters. The Kier molecular flexibility index (Phi) is 5.07. The Hall–Kier alpha value is -0.910. The van der Waals surface area contributed by atoms with Crippen LogP contribution >= 0.6 is 35.4 Å². The molecule has 0 aromatic heterocycles. The summed E-state index contributed by atoms with van der Waals surface area (Å²) in [5.74, 6) is -0.894. The van der Waals surface area contributed by atoms with Crippen LogP contribution in [-0.2, 0) is 4.79 Å². The molecule has 2 rings (SSSR count). The first-order valence-corrected chi connectivity index (χ1v) is 7.79. The Balaban J connectivity index is 2.30. The average molecular weight is 349 g/mol. The van der Waals surface area contributed by atoms with Crippen molar-refractivity contribution in [2.75, 3.05) is 5.32 Å². The van der Waals surface area contributed by atoms with Crippen LogP contribution in [0.15, 0.2) is 12.1 Å². The molecule has 21 heavy (non-hydrogen) atoms. The lowest BCUT2D eigenvalue weighted by Crippen LogP contribution is -2.47. The molecule has 0 unspecified atom stereocenters. The molecule has 114 valence electrons. The Labute approximate surface area is 138 Å². The summed E-state index contributed by atoms with van der Waals surface area (Å²) in [7, 11) is 0. The summed E-state index contributed by atoms with van der Waals surface area (Å²) in [6, 6.07) is 2.19. The molecule has 1 aliphatic carbocycles. The van der Waals surface area contributed by atoms with Gasteiger partial charge in [0.15, 0.2) is 0 Å². The zero-order valence-electron chi connectivity index (χ0n) is 11.2. The van der Waals surface area contributed by atoms with Gasteiger partial charge in [-0.1, -0.05) is 54.7 Å². The maximum Gasteiger partial charge on any atom is 0.237 e. The quantitative estimate of drug-likeness (QED) is 0.800. The van der Waals surface area contributed by atoms with Gasteiger partial charge in [-0.25, -0.2) is 4.39 Å². The number of nitrogens with two attached hydrogens (primary N) is 1. The monoisotopic (exact) mass is 348 g/mol. The molecule has 1 aromatic carbocycles. The van der Waals surface area contributed by atoms with Crippen molar-refractivity contribution in [2.24, 2.45) is 11.1 Å². The number of halogens is 3. The highest BCUT2D eigenvalue weighted by molar-refractivity contribution is 7.80. The van der Waals surface area contributed by atoms with Gasteiger partial charge in [-0.15, -0.1) is 0 Å². The third-order valence-corrected chi connectivity index (χ3v) is 4.85. The number of amides is 1. The molecule has 3 nitrogen and oxygen atoms in total. The maximum atomic E-state index is 13.2. The van der Waals surface area contributed by atoms with Gasteiger partial charge < -0.3 is 11.1 Å². The van der Waals surface area contributed by atoms with Gasteiger partial charge in [0.25, 0.3) is 0 Å². The minimum Gasteiger partial charge on any atom is -0.392 e. The van der Waals surface area contributed by atoms with Gasteiger partial charge in [0, 0.05) is 0 Å². The number of thiocarbonyl (C=S) groups is 1. The van der Waals surface area contributed by atoms with Gasteiger partial charge in [-0.05, 0) is 25.0 Å². The number of hydrogen-bond donors (Lipinski definition) is 2. The van der Waals surface area contributed by atoms with Crippen LogP contribution in [0.2, 0.25) is 10.0 Å². The van der Waals surface area contributed by atoms with Crippen molar-refractivity contribution in [1.82, 2.24) is 0 Å². The SMILES string of the molecule is NC(=S)C1(C(=O)Nc2c(Cl)cc(F)cc2Cl)CCCCC1. The molecular weight excluding hydrogens is 334 g/mol. The number of anilines is 1. The van der Waals surface area contributed by atoms with Crippen LogP contribution in [-0.4, -0.2) is 10.9 Å². The molecule has 3 N–H and O–H groups in total. The molecule has 1 amide bonds. The molecule has 0 heterocycles. The first kappa shape index (κ1) is 16.5. The summed E-state index contributed by atoms with van der Waals surface area (Å²) in [5.41, 5.74) is 5.11. The van der Waals surface area contributed by atoms with Gasteiger partial charge in [-0.3, -0.25) is 4.79 Å². The molecule has 1 fully saturated rings.